The van der Waals surface area contributed by atoms with Crippen LogP contribution >= 0.6 is 23.2 Å². The lowest BCUT2D eigenvalue weighted by molar-refractivity contribution is -0.111. The van der Waals surface area contributed by atoms with Gasteiger partial charge in [0.15, 0.2) is 5.15 Å². The smallest absolute Gasteiger partial charge is 0.248 e. The minimum absolute atomic E-state index is 0.294. The van der Waals surface area contributed by atoms with Crippen LogP contribution in [-0.2, 0) is 4.79 Å². The normalized spacial score (nSPS) is 11.3. The highest BCUT2D eigenvalue weighted by Crippen LogP contribution is 2.23. The molecule has 0 bridgehead atoms. The van der Waals surface area contributed by atoms with Crippen LogP contribution in [-0.4, -0.2) is 15.3 Å². The van der Waals surface area contributed by atoms with Crippen molar-refractivity contribution >= 4 is 46.5 Å². The van der Waals surface area contributed by atoms with Gasteiger partial charge in [-0.1, -0.05) is 35.3 Å². The number of carbonyl (C=O) groups excluding carboxylic acids is 1. The molecule has 4 nitrogen and oxygen atoms in total. The van der Waals surface area contributed by atoms with E-state index in [2.05, 4.69) is 10.3 Å². The minimum Gasteiger partial charge on any atom is -0.321 e. The van der Waals surface area contributed by atoms with E-state index < -0.39 is 0 Å². The van der Waals surface area contributed by atoms with Gasteiger partial charge in [-0.3, -0.25) is 9.20 Å². The van der Waals surface area contributed by atoms with Crippen LogP contribution in [0.2, 0.25) is 10.2 Å². The fraction of sp³-hybridized carbons (Fsp3) is 0.0588. The lowest BCUT2D eigenvalue weighted by Crippen LogP contribution is -2.08. The van der Waals surface area contributed by atoms with Crippen LogP contribution < -0.4 is 5.32 Å². The number of fused-ring (bicyclic) bond motifs is 1. The zero-order chi connectivity index (χ0) is 16.4. The Bertz CT molecular complexity index is 915. The van der Waals surface area contributed by atoms with E-state index in [-0.39, 0.29) is 5.91 Å². The van der Waals surface area contributed by atoms with Crippen LogP contribution in [0.15, 0.2) is 48.7 Å². The first-order valence-corrected chi connectivity index (χ1v) is 7.68. The number of amides is 1. The van der Waals surface area contributed by atoms with E-state index in [0.717, 1.165) is 11.2 Å². The molecule has 6 heteroatoms. The summed E-state index contributed by atoms with van der Waals surface area (Å²) in [5.74, 6) is -0.294. The number of nitrogens with one attached hydrogen (secondary N) is 1. The number of aryl methyl sites for hydroxylation is 1. The van der Waals surface area contributed by atoms with Gasteiger partial charge in [-0.25, -0.2) is 4.98 Å². The van der Waals surface area contributed by atoms with Gasteiger partial charge in [-0.2, -0.15) is 0 Å². The molecule has 0 aliphatic heterocycles. The fourth-order valence-electron chi connectivity index (χ4n) is 2.19. The van der Waals surface area contributed by atoms with Crippen molar-refractivity contribution in [3.63, 3.8) is 0 Å². The van der Waals surface area contributed by atoms with E-state index in [0.29, 0.717) is 21.6 Å². The summed E-state index contributed by atoms with van der Waals surface area (Å²) in [4.78, 5) is 16.3. The number of hydrogen-bond acceptors (Lipinski definition) is 2. The van der Waals surface area contributed by atoms with Gasteiger partial charge in [-0.15, -0.1) is 0 Å². The van der Waals surface area contributed by atoms with Gasteiger partial charge in [0.1, 0.15) is 5.65 Å². The SMILES string of the molecule is Cc1ccc(NC(=O)/C=C/c2c(Cl)nc3ccccn23)c(Cl)c1. The highest BCUT2D eigenvalue weighted by atomic mass is 35.5. The van der Waals surface area contributed by atoms with Crippen LogP contribution in [0.5, 0.6) is 0 Å². The maximum atomic E-state index is 12.1. The molecule has 1 aromatic carbocycles. The molecule has 2 heterocycles. The molecule has 0 unspecified atom stereocenters. The molecule has 0 radical (unpaired) electrons. The second-order valence-corrected chi connectivity index (χ2v) is 5.79. The monoisotopic (exact) mass is 345 g/mol. The number of nitrogens with zero attached hydrogens (tertiary/aromatic N) is 2. The molecule has 0 saturated carbocycles. The molecule has 3 rings (SSSR count). The second-order valence-electron chi connectivity index (χ2n) is 5.02. The van der Waals surface area contributed by atoms with Crippen molar-refractivity contribution in [2.75, 3.05) is 5.32 Å². The van der Waals surface area contributed by atoms with Gasteiger partial charge in [-0.05, 0) is 42.8 Å². The first-order valence-electron chi connectivity index (χ1n) is 6.92. The molecule has 0 atom stereocenters. The first-order chi connectivity index (χ1) is 11.0. The van der Waals surface area contributed by atoms with Gasteiger partial charge in [0.25, 0.3) is 0 Å². The summed E-state index contributed by atoms with van der Waals surface area (Å²) in [6, 6.07) is 11.0. The predicted molar refractivity (Wildman–Crippen MR) is 94.1 cm³/mol. The van der Waals surface area contributed by atoms with E-state index >= 15 is 0 Å². The Morgan fingerprint density at radius 1 is 1.26 bits per heavy atom. The average molecular weight is 346 g/mol. The van der Waals surface area contributed by atoms with Crippen molar-refractivity contribution in [1.82, 2.24) is 9.38 Å². The summed E-state index contributed by atoms with van der Waals surface area (Å²) >= 11 is 12.2. The van der Waals surface area contributed by atoms with Crippen molar-refractivity contribution < 1.29 is 4.79 Å². The van der Waals surface area contributed by atoms with E-state index in [1.807, 2.05) is 41.8 Å². The molecule has 0 saturated heterocycles. The molecule has 1 N–H and O–H groups in total. The summed E-state index contributed by atoms with van der Waals surface area (Å²) < 4.78 is 1.81. The molecule has 1 amide bonds. The van der Waals surface area contributed by atoms with E-state index in [1.54, 1.807) is 18.2 Å². The number of halogens is 2. The number of imidazole rings is 1. The minimum atomic E-state index is -0.294. The molecular weight excluding hydrogens is 333 g/mol. The van der Waals surface area contributed by atoms with Crippen molar-refractivity contribution in [3.8, 4) is 0 Å². The molecule has 2 aromatic heterocycles. The van der Waals surface area contributed by atoms with Crippen molar-refractivity contribution in [3.05, 3.63) is 70.1 Å². The molecule has 0 aliphatic carbocycles. The van der Waals surface area contributed by atoms with Crippen molar-refractivity contribution in [2.45, 2.75) is 6.92 Å². The first kappa shape index (κ1) is 15.6. The Morgan fingerprint density at radius 3 is 2.87 bits per heavy atom. The number of hydrogen-bond donors (Lipinski definition) is 1. The third kappa shape index (κ3) is 3.38. The third-order valence-corrected chi connectivity index (χ3v) is 3.89. The quantitative estimate of drug-likeness (QED) is 0.705. The predicted octanol–water partition coefficient (Wildman–Crippen LogP) is 4.60. The Kier molecular flexibility index (Phi) is 4.37. The number of benzene rings is 1. The number of anilines is 1. The summed E-state index contributed by atoms with van der Waals surface area (Å²) in [6.07, 6.45) is 4.86. The Morgan fingerprint density at radius 2 is 2.09 bits per heavy atom. The van der Waals surface area contributed by atoms with Crippen LogP contribution in [0.25, 0.3) is 11.7 Å². The Labute approximate surface area is 143 Å². The maximum absolute atomic E-state index is 12.1. The molecule has 0 aliphatic rings. The molecule has 0 fully saturated rings. The molecule has 0 spiro atoms. The number of rotatable bonds is 3. The van der Waals surface area contributed by atoms with Crippen LogP contribution in [0.4, 0.5) is 5.69 Å². The summed E-state index contributed by atoms with van der Waals surface area (Å²) in [5, 5.41) is 3.58. The van der Waals surface area contributed by atoms with Crippen molar-refractivity contribution in [2.24, 2.45) is 0 Å². The number of aromatic nitrogens is 2. The zero-order valence-electron chi connectivity index (χ0n) is 12.3. The van der Waals surface area contributed by atoms with Crippen molar-refractivity contribution in [1.29, 1.82) is 0 Å². The van der Waals surface area contributed by atoms with Gasteiger partial charge in [0.05, 0.1) is 16.4 Å². The van der Waals surface area contributed by atoms with Crippen LogP contribution in [0, 0.1) is 6.92 Å². The molecular formula is C17H13Cl2N3O. The third-order valence-electron chi connectivity index (χ3n) is 3.30. The van der Waals surface area contributed by atoms with E-state index in [1.165, 1.54) is 6.08 Å². The Hall–Kier alpha value is -2.30. The fourth-order valence-corrected chi connectivity index (χ4v) is 2.71. The lowest BCUT2D eigenvalue weighted by atomic mass is 10.2. The topological polar surface area (TPSA) is 46.4 Å². The van der Waals surface area contributed by atoms with Gasteiger partial charge >= 0.3 is 0 Å². The van der Waals surface area contributed by atoms with E-state index in [4.69, 9.17) is 23.2 Å². The van der Waals surface area contributed by atoms with E-state index in [9.17, 15) is 4.79 Å². The largest absolute Gasteiger partial charge is 0.321 e. The summed E-state index contributed by atoms with van der Waals surface area (Å²) in [7, 11) is 0. The summed E-state index contributed by atoms with van der Waals surface area (Å²) in [5.41, 5.74) is 2.96. The standard InChI is InChI=1S/C17H13Cl2N3O/c1-11-5-6-13(12(18)10-11)20-16(23)8-7-14-17(19)21-15-4-2-3-9-22(14)15/h2-10H,1H3,(H,20,23)/b8-7+. The van der Waals surface area contributed by atoms with Crippen LogP contribution in [0.1, 0.15) is 11.3 Å². The number of pyridine rings is 1. The zero-order valence-corrected chi connectivity index (χ0v) is 13.8. The molecule has 23 heavy (non-hydrogen) atoms. The summed E-state index contributed by atoms with van der Waals surface area (Å²) in [6.45, 7) is 1.93. The average Bonchev–Trinajstić information content (AvgIpc) is 2.83. The van der Waals surface area contributed by atoms with Gasteiger partial charge < -0.3 is 5.32 Å². The highest BCUT2D eigenvalue weighted by molar-refractivity contribution is 6.34. The second kappa shape index (κ2) is 6.44. The Balaban J connectivity index is 1.81. The maximum Gasteiger partial charge on any atom is 0.248 e. The highest BCUT2D eigenvalue weighted by Gasteiger charge is 2.08. The number of carbonyl (C=O) groups is 1. The van der Waals surface area contributed by atoms with Crippen LogP contribution in [0.3, 0.4) is 0 Å². The molecule has 116 valence electrons. The van der Waals surface area contributed by atoms with Gasteiger partial charge in [0.2, 0.25) is 5.91 Å². The van der Waals surface area contributed by atoms with Gasteiger partial charge in [0, 0.05) is 12.3 Å². The molecule has 3 aromatic rings. The lowest BCUT2D eigenvalue weighted by Gasteiger charge is -2.05.